The van der Waals surface area contributed by atoms with Crippen LogP contribution in [0.5, 0.6) is 0 Å². The lowest BCUT2D eigenvalue weighted by atomic mass is 10.0. The molecule has 0 atom stereocenters. The van der Waals surface area contributed by atoms with Gasteiger partial charge in [-0.05, 0) is 36.6 Å². The van der Waals surface area contributed by atoms with E-state index in [2.05, 4.69) is 34.4 Å². The quantitative estimate of drug-likeness (QED) is 0.889. The van der Waals surface area contributed by atoms with Gasteiger partial charge >= 0.3 is 0 Å². The number of rotatable bonds is 4. The van der Waals surface area contributed by atoms with Crippen molar-refractivity contribution < 1.29 is 4.39 Å². The Kier molecular flexibility index (Phi) is 4.17. The summed E-state index contributed by atoms with van der Waals surface area (Å²) in [6.45, 7) is 6.03. The number of hydrogen-bond donors (Lipinski definition) is 2. The molecule has 1 aromatic carbocycles. The minimum absolute atomic E-state index is 0.240. The van der Waals surface area contributed by atoms with Gasteiger partial charge in [0.05, 0.1) is 0 Å². The molecule has 0 unspecified atom stereocenters. The maximum atomic E-state index is 13.1. The van der Waals surface area contributed by atoms with Crippen LogP contribution in [0.25, 0.3) is 0 Å². The van der Waals surface area contributed by atoms with E-state index in [0.717, 1.165) is 28.5 Å². The third kappa shape index (κ3) is 2.87. The van der Waals surface area contributed by atoms with Crippen molar-refractivity contribution >= 4 is 17.3 Å². The Balaban J connectivity index is 2.43. The molecular formula is C15H19FN4. The molecule has 0 bridgehead atoms. The van der Waals surface area contributed by atoms with Crippen LogP contribution < -0.4 is 10.6 Å². The number of anilines is 3. The Morgan fingerprint density at radius 1 is 1.15 bits per heavy atom. The second-order valence-electron chi connectivity index (χ2n) is 4.97. The first-order valence-corrected chi connectivity index (χ1v) is 6.58. The van der Waals surface area contributed by atoms with Crippen molar-refractivity contribution in [1.29, 1.82) is 0 Å². The van der Waals surface area contributed by atoms with Crippen molar-refractivity contribution in [2.24, 2.45) is 0 Å². The van der Waals surface area contributed by atoms with Crippen molar-refractivity contribution in [3.8, 4) is 0 Å². The van der Waals surface area contributed by atoms with Crippen LogP contribution in [0.3, 0.4) is 0 Å². The fourth-order valence-electron chi connectivity index (χ4n) is 2.14. The highest BCUT2D eigenvalue weighted by molar-refractivity contribution is 5.67. The van der Waals surface area contributed by atoms with Crippen LogP contribution >= 0.6 is 0 Å². The first-order chi connectivity index (χ1) is 9.52. The Labute approximate surface area is 118 Å². The smallest absolute Gasteiger partial charge is 0.139 e. The summed E-state index contributed by atoms with van der Waals surface area (Å²) in [6, 6.07) is 4.65. The van der Waals surface area contributed by atoms with Gasteiger partial charge in [-0.3, -0.25) is 0 Å². The lowest BCUT2D eigenvalue weighted by molar-refractivity contribution is 0.627. The molecule has 0 aliphatic heterocycles. The lowest BCUT2D eigenvalue weighted by Gasteiger charge is -2.17. The highest BCUT2D eigenvalue weighted by Crippen LogP contribution is 2.30. The Bertz CT molecular complexity index is 611. The summed E-state index contributed by atoms with van der Waals surface area (Å²) in [5.41, 5.74) is 2.69. The minimum atomic E-state index is -0.240. The predicted molar refractivity (Wildman–Crippen MR) is 80.1 cm³/mol. The zero-order valence-electron chi connectivity index (χ0n) is 12.2. The molecule has 0 aliphatic carbocycles. The van der Waals surface area contributed by atoms with Crippen molar-refractivity contribution in [1.82, 2.24) is 9.97 Å². The molecule has 106 valence electrons. The van der Waals surface area contributed by atoms with Gasteiger partial charge in [-0.1, -0.05) is 13.8 Å². The number of aryl methyl sites for hydroxylation is 1. The van der Waals surface area contributed by atoms with Crippen LogP contribution in [0.15, 0.2) is 24.5 Å². The van der Waals surface area contributed by atoms with Gasteiger partial charge in [0.2, 0.25) is 0 Å². The molecule has 0 spiro atoms. The summed E-state index contributed by atoms with van der Waals surface area (Å²) < 4.78 is 13.1. The topological polar surface area (TPSA) is 49.8 Å². The van der Waals surface area contributed by atoms with Crippen LogP contribution in [-0.2, 0) is 0 Å². The van der Waals surface area contributed by atoms with Crippen molar-refractivity contribution in [2.45, 2.75) is 26.7 Å². The number of halogens is 1. The van der Waals surface area contributed by atoms with Gasteiger partial charge in [0.25, 0.3) is 0 Å². The molecule has 1 heterocycles. The largest absolute Gasteiger partial charge is 0.373 e. The minimum Gasteiger partial charge on any atom is -0.373 e. The molecule has 0 saturated heterocycles. The maximum absolute atomic E-state index is 13.1. The second-order valence-corrected chi connectivity index (χ2v) is 4.97. The van der Waals surface area contributed by atoms with Crippen LogP contribution in [0, 0.1) is 12.7 Å². The number of hydrogen-bond acceptors (Lipinski definition) is 4. The first-order valence-electron chi connectivity index (χ1n) is 6.58. The van der Waals surface area contributed by atoms with Gasteiger partial charge in [0.15, 0.2) is 0 Å². The molecule has 0 saturated carbocycles. The molecule has 5 heteroatoms. The zero-order valence-corrected chi connectivity index (χ0v) is 12.2. The van der Waals surface area contributed by atoms with Gasteiger partial charge in [0, 0.05) is 18.3 Å². The van der Waals surface area contributed by atoms with E-state index in [1.54, 1.807) is 6.07 Å². The number of aromatic nitrogens is 2. The third-order valence-corrected chi connectivity index (χ3v) is 3.14. The Morgan fingerprint density at radius 3 is 2.45 bits per heavy atom. The van der Waals surface area contributed by atoms with Gasteiger partial charge in [0.1, 0.15) is 23.8 Å². The summed E-state index contributed by atoms with van der Waals surface area (Å²) in [6.07, 6.45) is 1.51. The first kappa shape index (κ1) is 14.2. The molecular weight excluding hydrogens is 255 g/mol. The molecule has 0 fully saturated rings. The summed E-state index contributed by atoms with van der Waals surface area (Å²) in [5.74, 6) is 1.57. The van der Waals surface area contributed by atoms with E-state index in [4.69, 9.17) is 0 Å². The molecule has 0 radical (unpaired) electrons. The molecule has 2 N–H and O–H groups in total. The van der Waals surface area contributed by atoms with Gasteiger partial charge < -0.3 is 10.6 Å². The van der Waals surface area contributed by atoms with Crippen LogP contribution in [0.2, 0.25) is 0 Å². The van der Waals surface area contributed by atoms with E-state index in [1.807, 2.05) is 14.0 Å². The molecule has 0 amide bonds. The number of nitrogens with zero attached hydrogens (tertiary/aromatic N) is 2. The highest BCUT2D eigenvalue weighted by atomic mass is 19.1. The second kappa shape index (κ2) is 5.86. The fourth-order valence-corrected chi connectivity index (χ4v) is 2.14. The third-order valence-electron chi connectivity index (χ3n) is 3.14. The number of benzene rings is 1. The maximum Gasteiger partial charge on any atom is 0.139 e. The zero-order chi connectivity index (χ0) is 14.7. The molecule has 2 aromatic rings. The van der Waals surface area contributed by atoms with Crippen molar-refractivity contribution in [3.63, 3.8) is 0 Å². The van der Waals surface area contributed by atoms with Crippen LogP contribution in [0.1, 0.15) is 30.9 Å². The number of nitrogens with one attached hydrogen (secondary N) is 2. The monoisotopic (exact) mass is 274 g/mol. The average molecular weight is 274 g/mol. The molecule has 20 heavy (non-hydrogen) atoms. The predicted octanol–water partition coefficient (Wildman–Crippen LogP) is 3.83. The Morgan fingerprint density at radius 2 is 1.85 bits per heavy atom. The molecule has 0 aliphatic rings. The summed E-state index contributed by atoms with van der Waals surface area (Å²) in [5, 5.41) is 6.34. The highest BCUT2D eigenvalue weighted by Gasteiger charge is 2.14. The van der Waals surface area contributed by atoms with E-state index in [9.17, 15) is 4.39 Å². The van der Waals surface area contributed by atoms with Gasteiger partial charge in [-0.25, -0.2) is 14.4 Å². The van der Waals surface area contributed by atoms with Crippen LogP contribution in [-0.4, -0.2) is 17.0 Å². The van der Waals surface area contributed by atoms with E-state index >= 15 is 0 Å². The van der Waals surface area contributed by atoms with E-state index < -0.39 is 0 Å². The average Bonchev–Trinajstić information content (AvgIpc) is 2.41. The van der Waals surface area contributed by atoms with Crippen molar-refractivity contribution in [3.05, 3.63) is 41.5 Å². The standard InChI is InChI=1S/C15H19FN4/c1-9(2)13-14(17-4)18-8-19-15(13)20-12-6-5-11(16)7-10(12)3/h5-9H,1-4H3,(H2,17,18,19,20). The van der Waals surface area contributed by atoms with Crippen LogP contribution in [0.4, 0.5) is 21.7 Å². The summed E-state index contributed by atoms with van der Waals surface area (Å²) in [4.78, 5) is 8.55. The Hall–Kier alpha value is -2.17. The molecule has 1 aromatic heterocycles. The fraction of sp³-hybridized carbons (Fsp3) is 0.333. The normalized spacial score (nSPS) is 10.7. The molecule has 4 nitrogen and oxygen atoms in total. The van der Waals surface area contributed by atoms with E-state index in [0.29, 0.717) is 0 Å². The van der Waals surface area contributed by atoms with Gasteiger partial charge in [-0.2, -0.15) is 0 Å². The summed E-state index contributed by atoms with van der Waals surface area (Å²) >= 11 is 0. The SMILES string of the molecule is CNc1ncnc(Nc2ccc(F)cc2C)c1C(C)C. The van der Waals surface area contributed by atoms with E-state index in [1.165, 1.54) is 18.5 Å². The molecule has 2 rings (SSSR count). The van der Waals surface area contributed by atoms with E-state index in [-0.39, 0.29) is 11.7 Å². The summed E-state index contributed by atoms with van der Waals surface area (Å²) in [7, 11) is 1.83. The van der Waals surface area contributed by atoms with Crippen molar-refractivity contribution in [2.75, 3.05) is 17.7 Å². The lowest BCUT2D eigenvalue weighted by Crippen LogP contribution is -2.07. The van der Waals surface area contributed by atoms with Gasteiger partial charge in [-0.15, -0.1) is 0 Å².